The van der Waals surface area contributed by atoms with Crippen molar-refractivity contribution in [2.24, 2.45) is 0 Å². The van der Waals surface area contributed by atoms with Crippen LogP contribution in [0.5, 0.6) is 0 Å². The molecule has 0 spiro atoms. The highest BCUT2D eigenvalue weighted by Gasteiger charge is 2.12. The number of aliphatic hydroxyl groups is 1. The molecule has 0 bridgehead atoms. The number of hydrogen-bond acceptors (Lipinski definition) is 1. The van der Waals surface area contributed by atoms with E-state index in [1.807, 2.05) is 6.08 Å². The fraction of sp³-hybridized carbons (Fsp3) is 0.538. The second-order valence-corrected chi connectivity index (χ2v) is 3.98. The first kappa shape index (κ1) is 13.2. The summed E-state index contributed by atoms with van der Waals surface area (Å²) in [6, 6.07) is 0. The minimum Gasteiger partial charge on any atom is -0.386 e. The van der Waals surface area contributed by atoms with E-state index in [0.717, 1.165) is 25.7 Å². The Morgan fingerprint density at radius 2 is 2.00 bits per heavy atom. The lowest BCUT2D eigenvalue weighted by molar-refractivity contribution is 0.103. The molecule has 1 unspecified atom stereocenters. The van der Waals surface area contributed by atoms with Crippen molar-refractivity contribution in [1.82, 2.24) is 0 Å². The maximum atomic E-state index is 9.65. The van der Waals surface area contributed by atoms with Crippen LogP contribution in [0.15, 0.2) is 37.0 Å². The fourth-order valence-corrected chi connectivity index (χ4v) is 1.14. The van der Waals surface area contributed by atoms with Crippen molar-refractivity contribution in [3.8, 4) is 0 Å². The van der Waals surface area contributed by atoms with Crippen LogP contribution in [0.3, 0.4) is 0 Å². The largest absolute Gasteiger partial charge is 0.386 e. The van der Waals surface area contributed by atoms with Crippen LogP contribution < -0.4 is 0 Å². The SMILES string of the molecule is C=CCCC(C)=CCCC(C)(O)C=C. The lowest BCUT2D eigenvalue weighted by Crippen LogP contribution is -2.19. The van der Waals surface area contributed by atoms with Crippen LogP contribution in [-0.4, -0.2) is 10.7 Å². The highest BCUT2D eigenvalue weighted by Crippen LogP contribution is 2.15. The predicted octanol–water partition coefficient (Wildman–Crippen LogP) is 3.62. The Kier molecular flexibility index (Phi) is 6.22. The summed E-state index contributed by atoms with van der Waals surface area (Å²) >= 11 is 0. The molecule has 1 N–H and O–H groups in total. The summed E-state index contributed by atoms with van der Waals surface area (Å²) in [6.45, 7) is 11.2. The average Bonchev–Trinajstić information content (AvgIpc) is 2.14. The zero-order valence-corrected chi connectivity index (χ0v) is 9.42. The van der Waals surface area contributed by atoms with Gasteiger partial charge >= 0.3 is 0 Å². The third-order valence-electron chi connectivity index (χ3n) is 2.33. The fourth-order valence-electron chi connectivity index (χ4n) is 1.14. The summed E-state index contributed by atoms with van der Waals surface area (Å²) in [5.41, 5.74) is 0.639. The second-order valence-electron chi connectivity index (χ2n) is 3.98. The molecule has 0 radical (unpaired) electrons. The molecule has 1 atom stereocenters. The maximum Gasteiger partial charge on any atom is 0.0800 e. The van der Waals surface area contributed by atoms with Gasteiger partial charge in [0.2, 0.25) is 0 Å². The number of allylic oxidation sites excluding steroid dienone is 3. The Bertz CT molecular complexity index is 211. The van der Waals surface area contributed by atoms with Crippen LogP contribution in [0, 0.1) is 0 Å². The summed E-state index contributed by atoms with van der Waals surface area (Å²) in [7, 11) is 0. The molecule has 0 aromatic rings. The van der Waals surface area contributed by atoms with E-state index < -0.39 is 5.60 Å². The normalized spacial score (nSPS) is 16.1. The van der Waals surface area contributed by atoms with Gasteiger partial charge in [0.1, 0.15) is 0 Å². The van der Waals surface area contributed by atoms with Gasteiger partial charge in [0.05, 0.1) is 5.60 Å². The quantitative estimate of drug-likeness (QED) is 0.614. The van der Waals surface area contributed by atoms with Crippen LogP contribution in [0.2, 0.25) is 0 Å². The van der Waals surface area contributed by atoms with Gasteiger partial charge in [0.25, 0.3) is 0 Å². The molecule has 0 aromatic carbocycles. The Morgan fingerprint density at radius 1 is 1.36 bits per heavy atom. The lowest BCUT2D eigenvalue weighted by Gasteiger charge is -2.16. The third kappa shape index (κ3) is 6.67. The van der Waals surface area contributed by atoms with Crippen LogP contribution >= 0.6 is 0 Å². The molecule has 0 aliphatic carbocycles. The van der Waals surface area contributed by atoms with Crippen molar-refractivity contribution >= 4 is 0 Å². The van der Waals surface area contributed by atoms with E-state index in [4.69, 9.17) is 0 Å². The number of rotatable bonds is 7. The predicted molar refractivity (Wildman–Crippen MR) is 63.2 cm³/mol. The standard InChI is InChI=1S/C13H22O/c1-5-7-9-12(3)10-8-11-13(4,14)6-2/h5-6,10,14H,1-2,7-9,11H2,3-4H3. The van der Waals surface area contributed by atoms with Gasteiger partial charge in [0.15, 0.2) is 0 Å². The molecule has 1 nitrogen and oxygen atoms in total. The zero-order chi connectivity index (χ0) is 11.0. The van der Waals surface area contributed by atoms with E-state index in [9.17, 15) is 5.11 Å². The van der Waals surface area contributed by atoms with Crippen molar-refractivity contribution in [2.45, 2.75) is 45.1 Å². The molecule has 14 heavy (non-hydrogen) atoms. The molecule has 0 rings (SSSR count). The Balaban J connectivity index is 3.80. The molecular weight excluding hydrogens is 172 g/mol. The van der Waals surface area contributed by atoms with Crippen molar-refractivity contribution in [2.75, 3.05) is 0 Å². The van der Waals surface area contributed by atoms with E-state index in [2.05, 4.69) is 26.2 Å². The van der Waals surface area contributed by atoms with E-state index in [-0.39, 0.29) is 0 Å². The first-order valence-electron chi connectivity index (χ1n) is 5.14. The lowest BCUT2D eigenvalue weighted by atomic mass is 9.99. The average molecular weight is 194 g/mol. The first-order chi connectivity index (χ1) is 6.52. The van der Waals surface area contributed by atoms with Crippen molar-refractivity contribution in [1.29, 1.82) is 0 Å². The van der Waals surface area contributed by atoms with E-state index >= 15 is 0 Å². The van der Waals surface area contributed by atoms with Gasteiger partial charge in [-0.1, -0.05) is 23.8 Å². The second kappa shape index (κ2) is 6.61. The molecule has 80 valence electrons. The van der Waals surface area contributed by atoms with E-state index in [1.54, 1.807) is 13.0 Å². The monoisotopic (exact) mass is 194 g/mol. The van der Waals surface area contributed by atoms with Crippen LogP contribution in [0.1, 0.15) is 39.5 Å². The Hall–Kier alpha value is -0.820. The summed E-state index contributed by atoms with van der Waals surface area (Å²) in [5.74, 6) is 0. The molecule has 0 heterocycles. The number of hydrogen-bond donors (Lipinski definition) is 1. The first-order valence-corrected chi connectivity index (χ1v) is 5.14. The topological polar surface area (TPSA) is 20.2 Å². The van der Waals surface area contributed by atoms with Crippen LogP contribution in [0.25, 0.3) is 0 Å². The van der Waals surface area contributed by atoms with Gasteiger partial charge in [0, 0.05) is 0 Å². The van der Waals surface area contributed by atoms with Crippen molar-refractivity contribution in [3.05, 3.63) is 37.0 Å². The molecule has 0 saturated carbocycles. The van der Waals surface area contributed by atoms with Gasteiger partial charge in [-0.3, -0.25) is 0 Å². The molecule has 1 heteroatoms. The van der Waals surface area contributed by atoms with Crippen LogP contribution in [-0.2, 0) is 0 Å². The molecule has 0 aliphatic heterocycles. The summed E-state index contributed by atoms with van der Waals surface area (Å²) in [5, 5.41) is 9.65. The smallest absolute Gasteiger partial charge is 0.0800 e. The van der Waals surface area contributed by atoms with Gasteiger partial charge in [-0.15, -0.1) is 13.2 Å². The van der Waals surface area contributed by atoms with Gasteiger partial charge < -0.3 is 5.11 Å². The molecule has 0 fully saturated rings. The van der Waals surface area contributed by atoms with Crippen molar-refractivity contribution in [3.63, 3.8) is 0 Å². The minimum absolute atomic E-state index is 0.727. The van der Waals surface area contributed by atoms with E-state index in [0.29, 0.717) is 0 Å². The van der Waals surface area contributed by atoms with Gasteiger partial charge in [-0.2, -0.15) is 0 Å². The summed E-state index contributed by atoms with van der Waals surface area (Å²) in [6.07, 6.45) is 9.45. The van der Waals surface area contributed by atoms with Gasteiger partial charge in [-0.05, 0) is 39.5 Å². The highest BCUT2D eigenvalue weighted by atomic mass is 16.3. The summed E-state index contributed by atoms with van der Waals surface area (Å²) in [4.78, 5) is 0. The highest BCUT2D eigenvalue weighted by molar-refractivity contribution is 5.01. The Morgan fingerprint density at radius 3 is 2.50 bits per heavy atom. The maximum absolute atomic E-state index is 9.65. The third-order valence-corrected chi connectivity index (χ3v) is 2.33. The Labute approximate surface area is 87.8 Å². The summed E-state index contributed by atoms with van der Waals surface area (Å²) < 4.78 is 0. The minimum atomic E-state index is -0.727. The molecular formula is C13H22O. The molecule has 0 amide bonds. The van der Waals surface area contributed by atoms with E-state index in [1.165, 1.54) is 5.57 Å². The van der Waals surface area contributed by atoms with Crippen molar-refractivity contribution < 1.29 is 5.11 Å². The molecule has 0 aliphatic rings. The molecule has 0 aromatic heterocycles. The van der Waals surface area contributed by atoms with Crippen LogP contribution in [0.4, 0.5) is 0 Å². The van der Waals surface area contributed by atoms with Gasteiger partial charge in [-0.25, -0.2) is 0 Å². The molecule has 0 saturated heterocycles. The zero-order valence-electron chi connectivity index (χ0n) is 9.42.